The second-order valence-electron chi connectivity index (χ2n) is 4.38. The van der Waals surface area contributed by atoms with Gasteiger partial charge in [-0.15, -0.1) is 11.6 Å². The third kappa shape index (κ3) is 18.9. The van der Waals surface area contributed by atoms with Crippen LogP contribution in [0, 0.1) is 0 Å². The minimum Gasteiger partial charge on any atom is -0.861 e. The van der Waals surface area contributed by atoms with E-state index in [9.17, 15) is 9.90 Å². The van der Waals surface area contributed by atoms with Crippen LogP contribution in [0.1, 0.15) is 57.8 Å². The van der Waals surface area contributed by atoms with Gasteiger partial charge in [0.1, 0.15) is 0 Å². The Morgan fingerprint density at radius 1 is 1.00 bits per heavy atom. The summed E-state index contributed by atoms with van der Waals surface area (Å²) >= 11 is 5.31. The van der Waals surface area contributed by atoms with Gasteiger partial charge in [0.25, 0.3) is 0 Å². The number of halogens is 1. The van der Waals surface area contributed by atoms with Crippen molar-refractivity contribution in [3.63, 3.8) is 0 Å². The van der Waals surface area contributed by atoms with E-state index >= 15 is 0 Å². The summed E-state index contributed by atoms with van der Waals surface area (Å²) < 4.78 is 0. The number of carboxylic acids is 1. The summed E-state index contributed by atoms with van der Waals surface area (Å²) in [4.78, 5) is 14.1. The second-order valence-corrected chi connectivity index (χ2v) is 4.65. The van der Waals surface area contributed by atoms with E-state index in [4.69, 9.17) is 16.7 Å². The molecule has 0 aliphatic carbocycles. The van der Waals surface area contributed by atoms with Gasteiger partial charge in [-0.25, -0.2) is 0 Å². The number of hydrogen-bond acceptors (Lipinski definition) is 3. The molecular weight excluding hydrogens is 293 g/mol. The molecule has 0 saturated heterocycles. The topological polar surface area (TPSA) is 72.7 Å². The number of carboxylic acid groups (broad SMARTS) is 1. The van der Waals surface area contributed by atoms with Crippen LogP contribution in [-0.4, -0.2) is 29.4 Å². The molecule has 0 saturated carbocycles. The summed E-state index contributed by atoms with van der Waals surface area (Å²) in [6.45, 7) is 0.587. The Hall–Kier alpha value is 0.866. The summed E-state index contributed by atoms with van der Waals surface area (Å²) in [7, 11) is 0. The third-order valence-corrected chi connectivity index (χ3v) is 2.93. The number of unbranched alkanes of at least 4 members (excludes halogenated alkanes) is 7. The molecule has 0 aliphatic heterocycles. The Labute approximate surface area is 163 Å². The Morgan fingerprint density at radius 3 is 1.95 bits per heavy atom. The molecule has 0 rings (SSSR count). The van der Waals surface area contributed by atoms with Crippen molar-refractivity contribution in [2.75, 3.05) is 12.4 Å². The smallest absolute Gasteiger partial charge is 0.861 e. The maximum Gasteiger partial charge on any atom is 1.00 e. The number of aliphatic carboxylic acids is 1. The molecule has 0 amide bonds. The van der Waals surface area contributed by atoms with Crippen LogP contribution in [0.2, 0.25) is 0 Å². The molecule has 0 aliphatic rings. The van der Waals surface area contributed by atoms with E-state index in [1.165, 1.54) is 6.42 Å². The van der Waals surface area contributed by atoms with E-state index in [0.29, 0.717) is 6.54 Å². The first-order valence-electron chi connectivity index (χ1n) is 6.65. The van der Waals surface area contributed by atoms with Crippen molar-refractivity contribution in [1.82, 2.24) is 0 Å². The Bertz CT molecular complexity index is 250. The van der Waals surface area contributed by atoms with E-state index in [1.807, 2.05) is 0 Å². The molecule has 0 aromatic heterocycles. The van der Waals surface area contributed by atoms with Crippen molar-refractivity contribution >= 4 is 23.5 Å². The van der Waals surface area contributed by atoms with Crippen LogP contribution in [0.25, 0.3) is 0 Å². The molecule has 4 nitrogen and oxygen atoms in total. The quantitative estimate of drug-likeness (QED) is 0.175. The fraction of sp³-hybridized carbons (Fsp3) is 0.846. The van der Waals surface area contributed by atoms with E-state index in [2.05, 4.69) is 4.99 Å². The van der Waals surface area contributed by atoms with Crippen LogP contribution in [-0.2, 0) is 4.79 Å². The normalized spacial score (nSPS) is 11.1. The van der Waals surface area contributed by atoms with Gasteiger partial charge in [-0.05, 0) is 18.7 Å². The predicted octanol–water partition coefficient (Wildman–Crippen LogP) is -0.416. The van der Waals surface area contributed by atoms with Gasteiger partial charge in [0, 0.05) is 13.0 Å². The first-order chi connectivity index (χ1) is 8.66. The van der Waals surface area contributed by atoms with Gasteiger partial charge in [-0.2, -0.15) is 0 Å². The first-order valence-corrected chi connectivity index (χ1v) is 7.18. The summed E-state index contributed by atoms with van der Waals surface area (Å²) in [5, 5.41) is 19.2. The molecule has 0 unspecified atom stereocenters. The van der Waals surface area contributed by atoms with Crippen LogP contribution in [0.4, 0.5) is 0 Å². The number of aliphatic imine (C=N–C) groups is 1. The van der Waals surface area contributed by atoms with Gasteiger partial charge in [0.15, 0.2) is 0 Å². The molecule has 0 bridgehead atoms. The number of carbonyl (C=O) groups is 1. The van der Waals surface area contributed by atoms with E-state index in [-0.39, 0.29) is 69.6 Å². The Kier molecular flexibility index (Phi) is 19.7. The number of alkyl halides is 1. The van der Waals surface area contributed by atoms with Crippen LogP contribution in [0.3, 0.4) is 0 Å². The van der Waals surface area contributed by atoms with Gasteiger partial charge in [-0.3, -0.25) is 4.79 Å². The van der Waals surface area contributed by atoms with Crippen molar-refractivity contribution in [2.24, 2.45) is 4.99 Å². The molecule has 0 radical (unpaired) electrons. The maximum atomic E-state index is 10.8. The van der Waals surface area contributed by atoms with Crippen LogP contribution in [0.5, 0.6) is 0 Å². The van der Waals surface area contributed by atoms with Crippen LogP contribution >= 0.6 is 11.6 Å². The summed E-state index contributed by atoms with van der Waals surface area (Å²) in [5.74, 6) is -0.948. The van der Waals surface area contributed by atoms with Crippen molar-refractivity contribution in [2.45, 2.75) is 57.8 Å². The van der Waals surface area contributed by atoms with Crippen LogP contribution < -0.4 is 56.5 Å². The standard InChI is InChI=1S/C13H24ClNO3.K/c14-11-12(16)15-10-8-6-4-2-1-3-5-7-9-13(17)18;/h1-11H2,(H,15,16)(H,17,18);/q;+1/p-1. The number of nitrogens with zero attached hydrogens (tertiary/aromatic N) is 1. The molecule has 6 heteroatoms. The second kappa shape index (κ2) is 16.9. The zero-order valence-corrected chi connectivity index (χ0v) is 15.7. The Morgan fingerprint density at radius 2 is 1.47 bits per heavy atom. The van der Waals surface area contributed by atoms with Gasteiger partial charge in [-0.1, -0.05) is 38.5 Å². The minimum atomic E-state index is -0.703. The van der Waals surface area contributed by atoms with E-state index in [1.54, 1.807) is 0 Å². The van der Waals surface area contributed by atoms with Crippen LogP contribution in [0.15, 0.2) is 4.99 Å². The average molecular weight is 316 g/mol. The summed E-state index contributed by atoms with van der Waals surface area (Å²) in [6, 6.07) is 0. The molecular formula is C13H23ClKNO3. The summed E-state index contributed by atoms with van der Waals surface area (Å²) in [6.07, 6.45) is 8.73. The van der Waals surface area contributed by atoms with Gasteiger partial charge >= 0.3 is 57.4 Å². The van der Waals surface area contributed by atoms with Gasteiger partial charge in [0.05, 0.1) is 5.88 Å². The SMILES string of the molecule is O=C(O)CCCCCCCCCCN=C([O-])CCl.[K+]. The maximum absolute atomic E-state index is 10.8. The zero-order chi connectivity index (χ0) is 13.6. The van der Waals surface area contributed by atoms with Gasteiger partial charge in [0.2, 0.25) is 0 Å². The van der Waals surface area contributed by atoms with Crippen molar-refractivity contribution < 1.29 is 66.4 Å². The molecule has 19 heavy (non-hydrogen) atoms. The zero-order valence-electron chi connectivity index (χ0n) is 11.9. The molecule has 0 spiro atoms. The number of hydrogen-bond donors (Lipinski definition) is 1. The van der Waals surface area contributed by atoms with Crippen molar-refractivity contribution in [1.29, 1.82) is 0 Å². The average Bonchev–Trinajstić information content (AvgIpc) is 2.35. The Balaban J connectivity index is 0. The molecule has 1 N–H and O–H groups in total. The predicted molar refractivity (Wildman–Crippen MR) is 72.2 cm³/mol. The monoisotopic (exact) mass is 315 g/mol. The molecule has 0 aromatic carbocycles. The molecule has 0 heterocycles. The van der Waals surface area contributed by atoms with Gasteiger partial charge < -0.3 is 15.2 Å². The molecule has 0 fully saturated rings. The number of rotatable bonds is 12. The summed E-state index contributed by atoms with van der Waals surface area (Å²) in [5.41, 5.74) is 0. The fourth-order valence-electron chi connectivity index (χ4n) is 1.69. The van der Waals surface area contributed by atoms with E-state index < -0.39 is 5.97 Å². The molecule has 106 valence electrons. The van der Waals surface area contributed by atoms with Crippen molar-refractivity contribution in [3.8, 4) is 0 Å². The first kappa shape index (κ1) is 22.2. The largest absolute Gasteiger partial charge is 1.00 e. The van der Waals surface area contributed by atoms with Crippen molar-refractivity contribution in [3.05, 3.63) is 0 Å². The molecule has 0 atom stereocenters. The fourth-order valence-corrected chi connectivity index (χ4v) is 1.78. The minimum absolute atomic E-state index is 0. The third-order valence-electron chi connectivity index (χ3n) is 2.70. The van der Waals surface area contributed by atoms with E-state index in [0.717, 1.165) is 44.9 Å². The molecule has 0 aromatic rings.